The summed E-state index contributed by atoms with van der Waals surface area (Å²) in [5.41, 5.74) is 3.29. The molecule has 82 valence electrons. The van der Waals surface area contributed by atoms with Crippen molar-refractivity contribution in [3.8, 4) is 0 Å². The van der Waals surface area contributed by atoms with Gasteiger partial charge in [-0.15, -0.1) is 11.8 Å². The van der Waals surface area contributed by atoms with Crippen molar-refractivity contribution in [2.45, 2.75) is 45.3 Å². The maximum Gasteiger partial charge on any atom is 0.0198 e. The normalized spacial score (nSPS) is 31.0. The van der Waals surface area contributed by atoms with E-state index in [0.717, 1.165) is 11.2 Å². The first-order valence-electron chi connectivity index (χ1n) is 5.94. The van der Waals surface area contributed by atoms with E-state index in [2.05, 4.69) is 50.8 Å². The monoisotopic (exact) mass is 220 g/mol. The van der Waals surface area contributed by atoms with E-state index in [1.807, 2.05) is 0 Å². The third-order valence-electron chi connectivity index (χ3n) is 3.57. The fraction of sp³-hybridized carbons (Fsp3) is 0.571. The van der Waals surface area contributed by atoms with Gasteiger partial charge in [-0.2, -0.15) is 0 Å². The zero-order valence-corrected chi connectivity index (χ0v) is 10.7. The van der Waals surface area contributed by atoms with Crippen LogP contribution in [0.1, 0.15) is 40.0 Å². The Bertz CT molecular complexity index is 333. The minimum Gasteiger partial charge on any atom is -0.122 e. The van der Waals surface area contributed by atoms with Crippen molar-refractivity contribution in [2.24, 2.45) is 5.92 Å². The highest BCUT2D eigenvalue weighted by Gasteiger charge is 2.33. The molecule has 2 aliphatic rings. The van der Waals surface area contributed by atoms with Gasteiger partial charge >= 0.3 is 0 Å². The molecule has 0 saturated carbocycles. The molecule has 0 aromatic heterocycles. The Kier molecular flexibility index (Phi) is 3.40. The van der Waals surface area contributed by atoms with Crippen LogP contribution in [0.2, 0.25) is 0 Å². The van der Waals surface area contributed by atoms with E-state index in [1.54, 1.807) is 11.1 Å². The van der Waals surface area contributed by atoms with Gasteiger partial charge in [0.05, 0.1) is 0 Å². The van der Waals surface area contributed by atoms with Crippen LogP contribution in [-0.2, 0) is 0 Å². The van der Waals surface area contributed by atoms with E-state index < -0.39 is 0 Å². The minimum atomic E-state index is 0.821. The smallest absolute Gasteiger partial charge is 0.0198 e. The Hall–Kier alpha value is -0.430. The Morgan fingerprint density at radius 3 is 3.00 bits per heavy atom. The second-order valence-corrected chi connectivity index (χ2v) is 5.75. The highest BCUT2D eigenvalue weighted by atomic mass is 32.2. The summed E-state index contributed by atoms with van der Waals surface area (Å²) in [6.07, 6.45) is 10.7. The van der Waals surface area contributed by atoms with Gasteiger partial charge in [-0.05, 0) is 39.0 Å². The van der Waals surface area contributed by atoms with Crippen molar-refractivity contribution in [1.29, 1.82) is 0 Å². The predicted octanol–water partition coefficient (Wildman–Crippen LogP) is 4.70. The molecule has 1 heterocycles. The van der Waals surface area contributed by atoms with Crippen LogP contribution < -0.4 is 0 Å². The molecule has 0 saturated heterocycles. The maximum absolute atomic E-state index is 2.47. The van der Waals surface area contributed by atoms with Gasteiger partial charge in [-0.3, -0.25) is 0 Å². The Morgan fingerprint density at radius 2 is 2.33 bits per heavy atom. The third-order valence-corrected chi connectivity index (χ3v) is 5.10. The highest BCUT2D eigenvalue weighted by Crippen LogP contribution is 2.49. The zero-order chi connectivity index (χ0) is 10.8. The molecule has 1 heteroatoms. The molecule has 2 unspecified atom stereocenters. The molecule has 2 rings (SSSR count). The van der Waals surface area contributed by atoms with Gasteiger partial charge in [-0.1, -0.05) is 36.3 Å². The van der Waals surface area contributed by atoms with E-state index in [9.17, 15) is 0 Å². The zero-order valence-electron chi connectivity index (χ0n) is 9.92. The largest absolute Gasteiger partial charge is 0.122 e. The Balaban J connectivity index is 2.17. The van der Waals surface area contributed by atoms with Crippen LogP contribution in [0.15, 0.2) is 34.3 Å². The Morgan fingerprint density at radius 1 is 1.53 bits per heavy atom. The van der Waals surface area contributed by atoms with E-state index in [0.29, 0.717) is 0 Å². The molecule has 0 bridgehead atoms. The number of fused-ring (bicyclic) bond motifs is 1. The Labute approximate surface area is 97.5 Å². The lowest BCUT2D eigenvalue weighted by atomic mass is 9.83. The van der Waals surface area contributed by atoms with Crippen molar-refractivity contribution in [3.05, 3.63) is 34.3 Å². The van der Waals surface area contributed by atoms with E-state index in [4.69, 9.17) is 0 Å². The molecule has 0 nitrogen and oxygen atoms in total. The van der Waals surface area contributed by atoms with Gasteiger partial charge in [-0.25, -0.2) is 0 Å². The second kappa shape index (κ2) is 4.61. The molecule has 0 radical (unpaired) electrons. The standard InChI is InChI=1S/C14H20S/c1-4-6-13-10(3)12-9-11(5-2)7-8-14(12)15-13/h4,6-7,12,14H,5,8-9H2,1-3H3/b6-4-. The van der Waals surface area contributed by atoms with Gasteiger partial charge in [0, 0.05) is 10.2 Å². The summed E-state index contributed by atoms with van der Waals surface area (Å²) in [5.74, 6) is 0.821. The third kappa shape index (κ3) is 2.08. The first-order chi connectivity index (χ1) is 7.26. The van der Waals surface area contributed by atoms with Gasteiger partial charge in [0.2, 0.25) is 0 Å². The van der Waals surface area contributed by atoms with Crippen LogP contribution in [0.3, 0.4) is 0 Å². The molecular formula is C14H20S. The van der Waals surface area contributed by atoms with Gasteiger partial charge in [0.15, 0.2) is 0 Å². The van der Waals surface area contributed by atoms with Crippen LogP contribution in [-0.4, -0.2) is 5.25 Å². The van der Waals surface area contributed by atoms with Gasteiger partial charge < -0.3 is 0 Å². The molecule has 0 amide bonds. The van der Waals surface area contributed by atoms with Crippen molar-refractivity contribution in [2.75, 3.05) is 0 Å². The van der Waals surface area contributed by atoms with Gasteiger partial charge in [0.1, 0.15) is 0 Å². The minimum absolute atomic E-state index is 0.821. The molecule has 1 aliphatic heterocycles. The highest BCUT2D eigenvalue weighted by molar-refractivity contribution is 8.04. The van der Waals surface area contributed by atoms with Gasteiger partial charge in [0.25, 0.3) is 0 Å². The molecule has 0 spiro atoms. The molecular weight excluding hydrogens is 200 g/mol. The van der Waals surface area contributed by atoms with Crippen molar-refractivity contribution in [3.63, 3.8) is 0 Å². The summed E-state index contributed by atoms with van der Waals surface area (Å²) in [6, 6.07) is 0. The summed E-state index contributed by atoms with van der Waals surface area (Å²) in [6.45, 7) is 6.71. The summed E-state index contributed by atoms with van der Waals surface area (Å²) < 4.78 is 0. The number of rotatable bonds is 2. The number of thioether (sulfide) groups is 1. The number of hydrogen-bond acceptors (Lipinski definition) is 1. The predicted molar refractivity (Wildman–Crippen MR) is 70.0 cm³/mol. The number of allylic oxidation sites excluding steroid dienone is 5. The summed E-state index contributed by atoms with van der Waals surface area (Å²) >= 11 is 2.09. The van der Waals surface area contributed by atoms with Crippen LogP contribution in [0.5, 0.6) is 0 Å². The van der Waals surface area contributed by atoms with Crippen molar-refractivity contribution >= 4 is 11.8 Å². The van der Waals surface area contributed by atoms with Crippen molar-refractivity contribution < 1.29 is 0 Å². The summed E-state index contributed by atoms with van der Waals surface area (Å²) in [4.78, 5) is 1.53. The van der Waals surface area contributed by atoms with Crippen molar-refractivity contribution in [1.82, 2.24) is 0 Å². The summed E-state index contributed by atoms with van der Waals surface area (Å²) in [7, 11) is 0. The average Bonchev–Trinajstić information content (AvgIpc) is 2.56. The lowest BCUT2D eigenvalue weighted by Gasteiger charge is -2.25. The fourth-order valence-electron chi connectivity index (χ4n) is 2.56. The fourth-order valence-corrected chi connectivity index (χ4v) is 4.09. The topological polar surface area (TPSA) is 0 Å². The summed E-state index contributed by atoms with van der Waals surface area (Å²) in [5, 5.41) is 0.825. The SMILES string of the molecule is C/C=C\C1=C(C)C2CC(CC)=CCC2S1. The van der Waals surface area contributed by atoms with Crippen LogP contribution in [0.4, 0.5) is 0 Å². The molecule has 0 aromatic rings. The average molecular weight is 220 g/mol. The molecule has 15 heavy (non-hydrogen) atoms. The lowest BCUT2D eigenvalue weighted by Crippen LogP contribution is -2.18. The van der Waals surface area contributed by atoms with Crippen LogP contribution in [0.25, 0.3) is 0 Å². The molecule has 0 aromatic carbocycles. The molecule has 1 aliphatic carbocycles. The van der Waals surface area contributed by atoms with Crippen LogP contribution >= 0.6 is 11.8 Å². The second-order valence-electron chi connectivity index (χ2n) is 4.47. The lowest BCUT2D eigenvalue weighted by molar-refractivity contribution is 0.550. The van der Waals surface area contributed by atoms with Crippen LogP contribution in [0, 0.1) is 5.92 Å². The van der Waals surface area contributed by atoms with E-state index >= 15 is 0 Å². The first kappa shape index (κ1) is 11.1. The number of hydrogen-bond donors (Lipinski definition) is 0. The maximum atomic E-state index is 2.47. The van der Waals surface area contributed by atoms with E-state index in [1.165, 1.54) is 24.2 Å². The molecule has 0 N–H and O–H groups in total. The van der Waals surface area contributed by atoms with E-state index in [-0.39, 0.29) is 0 Å². The molecule has 2 atom stereocenters. The first-order valence-corrected chi connectivity index (χ1v) is 6.82. The quantitative estimate of drug-likeness (QED) is 0.608. The molecule has 0 fully saturated rings.